The van der Waals surface area contributed by atoms with Crippen LogP contribution < -0.4 is 5.32 Å². The van der Waals surface area contributed by atoms with Crippen LogP contribution in [0.4, 0.5) is 0 Å². The molecule has 0 aliphatic heterocycles. The van der Waals surface area contributed by atoms with E-state index >= 15 is 0 Å². The average Bonchev–Trinajstić information content (AvgIpc) is 2.94. The Labute approximate surface area is 136 Å². The van der Waals surface area contributed by atoms with Gasteiger partial charge in [0.05, 0.1) is 23.1 Å². The Balaban J connectivity index is 2.11. The fourth-order valence-corrected chi connectivity index (χ4v) is 2.31. The molecular formula is C17H24N4O2. The smallest absolute Gasteiger partial charge is 0.254 e. The van der Waals surface area contributed by atoms with E-state index in [1.165, 1.54) is 6.20 Å². The van der Waals surface area contributed by atoms with Crippen LogP contribution in [-0.4, -0.2) is 37.9 Å². The summed E-state index contributed by atoms with van der Waals surface area (Å²) >= 11 is 0. The van der Waals surface area contributed by atoms with Crippen molar-refractivity contribution in [3.05, 3.63) is 41.9 Å². The molecule has 2 rings (SSSR count). The first-order valence-corrected chi connectivity index (χ1v) is 7.83. The molecule has 0 aromatic carbocycles. The molecule has 0 aliphatic rings. The second kappa shape index (κ2) is 6.91. The van der Waals surface area contributed by atoms with Crippen molar-refractivity contribution in [2.75, 3.05) is 6.54 Å². The topological polar surface area (TPSA) is 80.0 Å². The second-order valence-electron chi connectivity index (χ2n) is 6.09. The predicted octanol–water partition coefficient (Wildman–Crippen LogP) is 2.10. The molecule has 0 aliphatic carbocycles. The molecule has 23 heavy (non-hydrogen) atoms. The van der Waals surface area contributed by atoms with Crippen molar-refractivity contribution >= 4 is 5.91 Å². The highest BCUT2D eigenvalue weighted by atomic mass is 16.3. The van der Waals surface area contributed by atoms with E-state index in [9.17, 15) is 9.90 Å². The van der Waals surface area contributed by atoms with Crippen molar-refractivity contribution in [1.82, 2.24) is 20.1 Å². The zero-order chi connectivity index (χ0) is 17.0. The molecule has 124 valence electrons. The molecule has 0 bridgehead atoms. The number of pyridine rings is 1. The lowest BCUT2D eigenvalue weighted by atomic mass is 9.88. The van der Waals surface area contributed by atoms with Crippen LogP contribution in [0.2, 0.25) is 0 Å². The van der Waals surface area contributed by atoms with Gasteiger partial charge in [-0.25, -0.2) is 9.67 Å². The molecule has 0 saturated heterocycles. The normalized spacial score (nSPS) is 15.0. The first-order valence-electron chi connectivity index (χ1n) is 7.83. The van der Waals surface area contributed by atoms with Crippen LogP contribution in [0.15, 0.2) is 30.6 Å². The predicted molar refractivity (Wildman–Crippen MR) is 88.5 cm³/mol. The Kier molecular flexibility index (Phi) is 5.15. The third-order valence-electron chi connectivity index (χ3n) is 4.40. The minimum absolute atomic E-state index is 0.0974. The van der Waals surface area contributed by atoms with E-state index < -0.39 is 5.60 Å². The quantitative estimate of drug-likeness (QED) is 0.855. The molecule has 2 N–H and O–H groups in total. The number of aliphatic hydroxyl groups is 1. The number of amides is 1. The zero-order valence-corrected chi connectivity index (χ0v) is 14.1. The lowest BCUT2D eigenvalue weighted by Gasteiger charge is -2.29. The largest absolute Gasteiger partial charge is 0.388 e. The number of carbonyl (C=O) groups is 1. The van der Waals surface area contributed by atoms with Gasteiger partial charge in [-0.15, -0.1) is 0 Å². The highest BCUT2D eigenvalue weighted by Gasteiger charge is 2.28. The van der Waals surface area contributed by atoms with E-state index in [-0.39, 0.29) is 18.4 Å². The van der Waals surface area contributed by atoms with E-state index in [4.69, 9.17) is 0 Å². The summed E-state index contributed by atoms with van der Waals surface area (Å²) < 4.78 is 1.63. The van der Waals surface area contributed by atoms with E-state index in [1.807, 2.05) is 39.0 Å². The van der Waals surface area contributed by atoms with Crippen LogP contribution >= 0.6 is 0 Å². The fourth-order valence-electron chi connectivity index (χ4n) is 2.31. The van der Waals surface area contributed by atoms with E-state index in [2.05, 4.69) is 15.4 Å². The number of carbonyl (C=O) groups excluding carboxylic acids is 1. The van der Waals surface area contributed by atoms with Crippen LogP contribution in [-0.2, 0) is 0 Å². The molecule has 0 saturated carbocycles. The summed E-state index contributed by atoms with van der Waals surface area (Å²) in [6.07, 6.45) is 4.05. The van der Waals surface area contributed by atoms with Crippen LogP contribution in [0.1, 0.15) is 43.2 Å². The van der Waals surface area contributed by atoms with Gasteiger partial charge in [0, 0.05) is 12.7 Å². The molecular weight excluding hydrogens is 292 g/mol. The van der Waals surface area contributed by atoms with Gasteiger partial charge in [0.1, 0.15) is 0 Å². The summed E-state index contributed by atoms with van der Waals surface area (Å²) in [5.41, 5.74) is 0.259. The molecule has 1 amide bonds. The summed E-state index contributed by atoms with van der Waals surface area (Å²) in [5.74, 6) is 0.518. The zero-order valence-electron chi connectivity index (χ0n) is 14.1. The number of hydrogen-bond donors (Lipinski definition) is 2. The van der Waals surface area contributed by atoms with Gasteiger partial charge >= 0.3 is 0 Å². The van der Waals surface area contributed by atoms with Crippen molar-refractivity contribution < 1.29 is 9.90 Å². The van der Waals surface area contributed by atoms with E-state index in [0.717, 1.165) is 6.42 Å². The maximum atomic E-state index is 12.4. The number of nitrogens with zero attached hydrogens (tertiary/aromatic N) is 3. The Morgan fingerprint density at radius 1 is 1.48 bits per heavy atom. The van der Waals surface area contributed by atoms with Gasteiger partial charge < -0.3 is 10.4 Å². The molecule has 6 nitrogen and oxygen atoms in total. The molecule has 2 heterocycles. The minimum atomic E-state index is -0.935. The molecule has 0 spiro atoms. The van der Waals surface area contributed by atoms with Gasteiger partial charge in [0.25, 0.3) is 5.91 Å². The van der Waals surface area contributed by atoms with Crippen LogP contribution in [0.25, 0.3) is 5.82 Å². The SMILES string of the molecule is CCC(C)C(C)(O)CNC(=O)c1cnn(-c2ccccn2)c1C. The molecule has 0 fully saturated rings. The number of aromatic nitrogens is 3. The van der Waals surface area contributed by atoms with Gasteiger partial charge in [-0.3, -0.25) is 4.79 Å². The van der Waals surface area contributed by atoms with E-state index in [0.29, 0.717) is 17.1 Å². The lowest BCUT2D eigenvalue weighted by Crippen LogP contribution is -2.45. The van der Waals surface area contributed by atoms with Gasteiger partial charge in [-0.05, 0) is 31.9 Å². The molecule has 2 atom stereocenters. The summed E-state index contributed by atoms with van der Waals surface area (Å²) in [7, 11) is 0. The van der Waals surface area contributed by atoms with Crippen LogP contribution in [0.5, 0.6) is 0 Å². The van der Waals surface area contributed by atoms with Gasteiger partial charge in [-0.1, -0.05) is 26.3 Å². The maximum absolute atomic E-state index is 12.4. The van der Waals surface area contributed by atoms with Crippen molar-refractivity contribution in [3.63, 3.8) is 0 Å². The molecule has 2 aromatic heterocycles. The maximum Gasteiger partial charge on any atom is 0.254 e. The van der Waals surface area contributed by atoms with Crippen LogP contribution in [0.3, 0.4) is 0 Å². The first kappa shape index (κ1) is 17.1. The number of nitrogens with one attached hydrogen (secondary N) is 1. The Hall–Kier alpha value is -2.21. The second-order valence-corrected chi connectivity index (χ2v) is 6.09. The average molecular weight is 316 g/mol. The summed E-state index contributed by atoms with van der Waals surface area (Å²) in [6, 6.07) is 5.52. The van der Waals surface area contributed by atoms with Gasteiger partial charge in [0.2, 0.25) is 0 Å². The third kappa shape index (κ3) is 3.76. The van der Waals surface area contributed by atoms with Gasteiger partial charge in [-0.2, -0.15) is 5.10 Å². The molecule has 2 unspecified atom stereocenters. The monoisotopic (exact) mass is 316 g/mol. The lowest BCUT2D eigenvalue weighted by molar-refractivity contribution is 0.00592. The Morgan fingerprint density at radius 3 is 2.83 bits per heavy atom. The standard InChI is InChI=1S/C17H24N4O2/c1-5-12(2)17(4,23)11-19-16(22)14-10-20-21(13(14)3)15-8-6-7-9-18-15/h6-10,12,23H,5,11H2,1-4H3,(H,19,22). The van der Waals surface area contributed by atoms with Crippen molar-refractivity contribution in [2.24, 2.45) is 5.92 Å². The van der Waals surface area contributed by atoms with Crippen molar-refractivity contribution in [2.45, 2.75) is 39.7 Å². The summed E-state index contributed by atoms with van der Waals surface area (Å²) in [5, 5.41) is 17.4. The van der Waals surface area contributed by atoms with E-state index in [1.54, 1.807) is 17.8 Å². The number of rotatable bonds is 6. The fraction of sp³-hybridized carbons (Fsp3) is 0.471. The van der Waals surface area contributed by atoms with Crippen molar-refractivity contribution in [3.8, 4) is 5.82 Å². The minimum Gasteiger partial charge on any atom is -0.388 e. The first-order chi connectivity index (χ1) is 10.9. The summed E-state index contributed by atoms with van der Waals surface area (Å²) in [6.45, 7) is 7.75. The van der Waals surface area contributed by atoms with Gasteiger partial charge in [0.15, 0.2) is 5.82 Å². The van der Waals surface area contributed by atoms with Crippen LogP contribution in [0, 0.1) is 12.8 Å². The third-order valence-corrected chi connectivity index (χ3v) is 4.40. The highest BCUT2D eigenvalue weighted by molar-refractivity contribution is 5.95. The molecule has 6 heteroatoms. The summed E-state index contributed by atoms with van der Waals surface area (Å²) in [4.78, 5) is 16.6. The van der Waals surface area contributed by atoms with Crippen molar-refractivity contribution in [1.29, 1.82) is 0 Å². The molecule has 0 radical (unpaired) electrons. The number of hydrogen-bond acceptors (Lipinski definition) is 4. The Bertz CT molecular complexity index is 664. The Morgan fingerprint density at radius 2 is 2.22 bits per heavy atom. The highest BCUT2D eigenvalue weighted by Crippen LogP contribution is 2.19. The molecule has 2 aromatic rings.